The van der Waals surface area contributed by atoms with Crippen molar-refractivity contribution in [2.24, 2.45) is 0 Å². The number of hydrogen-bond donors (Lipinski definition) is 1. The maximum atomic E-state index is 11.1. The van der Waals surface area contributed by atoms with Crippen molar-refractivity contribution in [1.82, 2.24) is 9.55 Å². The molecule has 0 bridgehead atoms. The Balaban J connectivity index is 2.13. The second-order valence-electron chi connectivity index (χ2n) is 4.55. The smallest absolute Gasteiger partial charge is 0.335 e. The number of rotatable bonds is 4. The Bertz CT molecular complexity index is 808. The molecule has 5 heteroatoms. The van der Waals surface area contributed by atoms with Gasteiger partial charge in [0.15, 0.2) is 0 Å². The lowest BCUT2D eigenvalue weighted by Gasteiger charge is -2.08. The second-order valence-corrected chi connectivity index (χ2v) is 4.55. The molecule has 5 nitrogen and oxygen atoms in total. The molecule has 0 aliphatic carbocycles. The maximum absolute atomic E-state index is 11.1. The maximum Gasteiger partial charge on any atom is 0.335 e. The van der Waals surface area contributed by atoms with Crippen molar-refractivity contribution in [2.45, 2.75) is 6.92 Å². The van der Waals surface area contributed by atoms with E-state index < -0.39 is 5.97 Å². The zero-order valence-corrected chi connectivity index (χ0v) is 11.5. The van der Waals surface area contributed by atoms with Crippen molar-refractivity contribution < 1.29 is 14.6 Å². The van der Waals surface area contributed by atoms with Crippen LogP contribution < -0.4 is 4.74 Å². The number of carbonyl (C=O) groups is 1. The summed E-state index contributed by atoms with van der Waals surface area (Å²) < 4.78 is 7.34. The molecule has 3 aromatic rings. The lowest BCUT2D eigenvalue weighted by molar-refractivity contribution is 0.0697. The summed E-state index contributed by atoms with van der Waals surface area (Å²) in [6.07, 6.45) is 1.68. The summed E-state index contributed by atoms with van der Waals surface area (Å²) in [5.41, 5.74) is 2.63. The Morgan fingerprint density at radius 1 is 1.29 bits per heavy atom. The van der Waals surface area contributed by atoms with Crippen LogP contribution in [0.3, 0.4) is 0 Å². The highest BCUT2D eigenvalue weighted by molar-refractivity contribution is 5.92. The first-order chi connectivity index (χ1) is 10.2. The van der Waals surface area contributed by atoms with Crippen LogP contribution in [-0.2, 0) is 0 Å². The van der Waals surface area contributed by atoms with Crippen molar-refractivity contribution in [1.29, 1.82) is 0 Å². The first kappa shape index (κ1) is 13.2. The summed E-state index contributed by atoms with van der Waals surface area (Å²) in [5, 5.41) is 9.11. The topological polar surface area (TPSA) is 64.4 Å². The number of aromatic nitrogens is 2. The molecule has 1 N–H and O–H groups in total. The van der Waals surface area contributed by atoms with E-state index in [4.69, 9.17) is 9.84 Å². The fourth-order valence-corrected chi connectivity index (χ4v) is 2.24. The number of imidazole rings is 1. The molecule has 0 aliphatic rings. The van der Waals surface area contributed by atoms with Crippen molar-refractivity contribution in [3.8, 4) is 11.4 Å². The normalized spacial score (nSPS) is 10.7. The molecule has 0 amide bonds. The highest BCUT2D eigenvalue weighted by Crippen LogP contribution is 2.22. The molecule has 0 saturated carbocycles. The largest absolute Gasteiger partial charge is 0.494 e. The van der Waals surface area contributed by atoms with Crippen LogP contribution >= 0.6 is 0 Å². The van der Waals surface area contributed by atoms with E-state index in [1.165, 1.54) is 0 Å². The Labute approximate surface area is 121 Å². The van der Waals surface area contributed by atoms with Gasteiger partial charge in [-0.25, -0.2) is 9.78 Å². The van der Waals surface area contributed by atoms with Crippen molar-refractivity contribution in [2.75, 3.05) is 6.61 Å². The lowest BCUT2D eigenvalue weighted by atomic mass is 10.2. The van der Waals surface area contributed by atoms with Gasteiger partial charge in [-0.3, -0.25) is 4.57 Å². The number of carboxylic acid groups (broad SMARTS) is 1. The molecule has 0 aliphatic heterocycles. The minimum absolute atomic E-state index is 0.241. The Kier molecular flexibility index (Phi) is 3.31. The fourth-order valence-electron chi connectivity index (χ4n) is 2.24. The minimum Gasteiger partial charge on any atom is -0.494 e. The van der Waals surface area contributed by atoms with E-state index in [0.717, 1.165) is 22.5 Å². The number of nitrogens with zero attached hydrogens (tertiary/aromatic N) is 2. The van der Waals surface area contributed by atoms with Crippen LogP contribution in [0.25, 0.3) is 16.7 Å². The molecule has 0 atom stereocenters. The summed E-state index contributed by atoms with van der Waals surface area (Å²) in [4.78, 5) is 15.4. The lowest BCUT2D eigenvalue weighted by Crippen LogP contribution is -1.98. The number of fused-ring (bicyclic) bond motifs is 1. The van der Waals surface area contributed by atoms with Gasteiger partial charge in [-0.15, -0.1) is 0 Å². The van der Waals surface area contributed by atoms with Gasteiger partial charge in [0, 0.05) is 6.07 Å². The van der Waals surface area contributed by atoms with Crippen LogP contribution in [0.2, 0.25) is 0 Å². The second kappa shape index (κ2) is 5.28. The van der Waals surface area contributed by atoms with Crippen LogP contribution in [0.15, 0.2) is 48.8 Å². The monoisotopic (exact) mass is 282 g/mol. The first-order valence-corrected chi connectivity index (χ1v) is 6.62. The molecule has 0 saturated heterocycles. The van der Waals surface area contributed by atoms with Gasteiger partial charge in [-0.1, -0.05) is 6.07 Å². The van der Waals surface area contributed by atoms with Gasteiger partial charge in [0.2, 0.25) is 0 Å². The Morgan fingerprint density at radius 3 is 2.90 bits per heavy atom. The zero-order valence-electron chi connectivity index (χ0n) is 11.5. The third-order valence-electron chi connectivity index (χ3n) is 3.20. The van der Waals surface area contributed by atoms with Crippen LogP contribution in [0.4, 0.5) is 0 Å². The van der Waals surface area contributed by atoms with Gasteiger partial charge >= 0.3 is 5.97 Å². The van der Waals surface area contributed by atoms with Gasteiger partial charge < -0.3 is 9.84 Å². The van der Waals surface area contributed by atoms with Gasteiger partial charge in [0.05, 0.1) is 28.9 Å². The van der Waals surface area contributed by atoms with E-state index in [9.17, 15) is 4.79 Å². The Hall–Kier alpha value is -2.82. The SMILES string of the molecule is CCOc1cccc(-n2cnc3ccc(C(=O)O)cc32)c1. The molecule has 0 unspecified atom stereocenters. The molecule has 0 radical (unpaired) electrons. The quantitative estimate of drug-likeness (QED) is 0.798. The summed E-state index contributed by atoms with van der Waals surface area (Å²) in [7, 11) is 0. The van der Waals surface area contributed by atoms with E-state index in [-0.39, 0.29) is 5.56 Å². The average Bonchev–Trinajstić information content (AvgIpc) is 2.90. The molecular weight excluding hydrogens is 268 g/mol. The summed E-state index contributed by atoms with van der Waals surface area (Å²) >= 11 is 0. The summed E-state index contributed by atoms with van der Waals surface area (Å²) in [5.74, 6) is -0.182. The van der Waals surface area contributed by atoms with Crippen molar-refractivity contribution in [3.63, 3.8) is 0 Å². The van der Waals surface area contributed by atoms with Crippen molar-refractivity contribution >= 4 is 17.0 Å². The molecule has 2 aromatic carbocycles. The molecule has 1 heterocycles. The van der Waals surface area contributed by atoms with Crippen LogP contribution in [0.5, 0.6) is 5.75 Å². The number of aromatic carboxylic acids is 1. The van der Waals surface area contributed by atoms with E-state index in [1.54, 1.807) is 24.5 Å². The van der Waals surface area contributed by atoms with Gasteiger partial charge in [-0.05, 0) is 37.3 Å². The minimum atomic E-state index is -0.951. The molecular formula is C16H14N2O3. The number of hydrogen-bond acceptors (Lipinski definition) is 3. The number of benzene rings is 2. The summed E-state index contributed by atoms with van der Waals surface area (Å²) in [6, 6.07) is 12.5. The van der Waals surface area contributed by atoms with Crippen LogP contribution in [-0.4, -0.2) is 27.2 Å². The standard InChI is InChI=1S/C16H14N2O3/c1-2-21-13-5-3-4-12(9-13)18-10-17-14-7-6-11(16(19)20)8-15(14)18/h3-10H,2H2,1H3,(H,19,20). The number of carboxylic acids is 1. The number of ether oxygens (including phenoxy) is 1. The van der Waals surface area contributed by atoms with Crippen LogP contribution in [0.1, 0.15) is 17.3 Å². The van der Waals surface area contributed by atoms with Gasteiger partial charge in [0.1, 0.15) is 12.1 Å². The molecule has 3 rings (SSSR count). The molecule has 106 valence electrons. The van der Waals surface area contributed by atoms with E-state index in [2.05, 4.69) is 4.98 Å². The molecule has 21 heavy (non-hydrogen) atoms. The van der Waals surface area contributed by atoms with Gasteiger partial charge in [0.25, 0.3) is 0 Å². The molecule has 1 aromatic heterocycles. The third kappa shape index (κ3) is 2.45. The van der Waals surface area contributed by atoms with E-state index >= 15 is 0 Å². The fraction of sp³-hybridized carbons (Fsp3) is 0.125. The van der Waals surface area contributed by atoms with Crippen molar-refractivity contribution in [3.05, 3.63) is 54.4 Å². The highest BCUT2D eigenvalue weighted by atomic mass is 16.5. The average molecular weight is 282 g/mol. The Morgan fingerprint density at radius 2 is 2.14 bits per heavy atom. The summed E-state index contributed by atoms with van der Waals surface area (Å²) in [6.45, 7) is 2.52. The van der Waals surface area contributed by atoms with Crippen LogP contribution in [0, 0.1) is 0 Å². The van der Waals surface area contributed by atoms with Gasteiger partial charge in [-0.2, -0.15) is 0 Å². The van der Waals surface area contributed by atoms with E-state index in [1.807, 2.05) is 35.8 Å². The molecule has 0 spiro atoms. The molecule has 0 fully saturated rings. The van der Waals surface area contributed by atoms with E-state index in [0.29, 0.717) is 6.61 Å². The predicted octanol–water partition coefficient (Wildman–Crippen LogP) is 3.12. The first-order valence-electron chi connectivity index (χ1n) is 6.62. The highest BCUT2D eigenvalue weighted by Gasteiger charge is 2.09. The zero-order chi connectivity index (χ0) is 14.8. The third-order valence-corrected chi connectivity index (χ3v) is 3.20. The predicted molar refractivity (Wildman–Crippen MR) is 79.2 cm³/mol.